The smallest absolute Gasteiger partial charge is 0.335 e. The summed E-state index contributed by atoms with van der Waals surface area (Å²) >= 11 is 0. The van der Waals surface area contributed by atoms with Crippen LogP contribution in [0.15, 0.2) is 24.3 Å². The van der Waals surface area contributed by atoms with Gasteiger partial charge in [0.2, 0.25) is 0 Å². The van der Waals surface area contributed by atoms with E-state index in [0.29, 0.717) is 5.56 Å². The summed E-state index contributed by atoms with van der Waals surface area (Å²) in [4.78, 5) is 10.9. The molecule has 0 aliphatic rings. The molecule has 0 aromatic heterocycles. The number of benzene rings is 1. The van der Waals surface area contributed by atoms with Crippen LogP contribution < -0.4 is 5.32 Å². The highest BCUT2D eigenvalue weighted by Crippen LogP contribution is 2.10. The van der Waals surface area contributed by atoms with E-state index >= 15 is 0 Å². The van der Waals surface area contributed by atoms with Gasteiger partial charge in [0, 0.05) is 6.04 Å². The van der Waals surface area contributed by atoms with Crippen LogP contribution in [-0.2, 0) is 6.42 Å². The number of aromatic carboxylic acids is 1. The van der Waals surface area contributed by atoms with Crippen LogP contribution in [0.5, 0.6) is 0 Å². The summed E-state index contributed by atoms with van der Waals surface area (Å²) in [6, 6.07) is 7.40. The molecular formula is C11H15NO2. The van der Waals surface area contributed by atoms with Crippen molar-refractivity contribution in [3.63, 3.8) is 0 Å². The van der Waals surface area contributed by atoms with Crippen LogP contribution in [0, 0.1) is 0 Å². The second-order valence-corrected chi connectivity index (χ2v) is 3.36. The van der Waals surface area contributed by atoms with Crippen molar-refractivity contribution in [2.45, 2.75) is 19.4 Å². The summed E-state index contributed by atoms with van der Waals surface area (Å²) in [6.45, 7) is 2.03. The Labute approximate surface area is 83.8 Å². The van der Waals surface area contributed by atoms with Gasteiger partial charge in [0.1, 0.15) is 0 Å². The lowest BCUT2D eigenvalue weighted by Gasteiger charge is -2.11. The molecule has 3 nitrogen and oxygen atoms in total. The zero-order chi connectivity index (χ0) is 10.6. The summed E-state index contributed by atoms with van der Waals surface area (Å²) < 4.78 is 0. The number of carboxylic acid groups (broad SMARTS) is 1. The summed E-state index contributed by atoms with van der Waals surface area (Å²) in [7, 11) is 1.87. The topological polar surface area (TPSA) is 49.3 Å². The molecule has 1 unspecified atom stereocenters. The third-order valence-corrected chi connectivity index (χ3v) is 2.27. The highest BCUT2D eigenvalue weighted by molar-refractivity contribution is 5.89. The number of carbonyl (C=O) groups is 1. The van der Waals surface area contributed by atoms with Crippen molar-refractivity contribution in [3.8, 4) is 0 Å². The molecule has 0 heterocycles. The van der Waals surface area contributed by atoms with E-state index in [-0.39, 0.29) is 6.04 Å². The van der Waals surface area contributed by atoms with E-state index in [1.54, 1.807) is 12.1 Å². The fraction of sp³-hybridized carbons (Fsp3) is 0.364. The molecule has 1 aromatic rings. The van der Waals surface area contributed by atoms with E-state index in [9.17, 15) is 4.79 Å². The van der Waals surface area contributed by atoms with E-state index in [2.05, 4.69) is 5.32 Å². The van der Waals surface area contributed by atoms with Gasteiger partial charge in [-0.3, -0.25) is 0 Å². The molecule has 1 rings (SSSR count). The maximum Gasteiger partial charge on any atom is 0.335 e. The van der Waals surface area contributed by atoms with Gasteiger partial charge in [-0.1, -0.05) is 18.2 Å². The van der Waals surface area contributed by atoms with Crippen molar-refractivity contribution in [2.75, 3.05) is 7.05 Å². The normalized spacial score (nSPS) is 12.4. The van der Waals surface area contributed by atoms with Crippen LogP contribution >= 0.6 is 0 Å². The number of nitrogens with one attached hydrogen (secondary N) is 1. The molecule has 2 N–H and O–H groups in total. The molecule has 0 aliphatic carbocycles. The zero-order valence-electron chi connectivity index (χ0n) is 8.45. The molecule has 0 fully saturated rings. The number of hydrogen-bond acceptors (Lipinski definition) is 2. The summed E-state index contributed by atoms with van der Waals surface area (Å²) in [5, 5.41) is 12.0. The minimum absolute atomic E-state index is 0.287. The van der Waals surface area contributed by atoms with E-state index in [4.69, 9.17) is 5.11 Å². The molecule has 1 aromatic carbocycles. The van der Waals surface area contributed by atoms with E-state index < -0.39 is 5.97 Å². The predicted molar refractivity (Wildman–Crippen MR) is 55.6 cm³/mol. The lowest BCUT2D eigenvalue weighted by atomic mass is 10.0. The molecular weight excluding hydrogens is 178 g/mol. The highest BCUT2D eigenvalue weighted by Gasteiger charge is 2.10. The quantitative estimate of drug-likeness (QED) is 0.762. The van der Waals surface area contributed by atoms with Gasteiger partial charge in [0.15, 0.2) is 0 Å². The Morgan fingerprint density at radius 1 is 1.50 bits per heavy atom. The predicted octanol–water partition coefficient (Wildman–Crippen LogP) is 1.54. The van der Waals surface area contributed by atoms with Crippen LogP contribution in [-0.4, -0.2) is 24.2 Å². The highest BCUT2D eigenvalue weighted by atomic mass is 16.4. The van der Waals surface area contributed by atoms with Gasteiger partial charge in [-0.2, -0.15) is 0 Å². The zero-order valence-corrected chi connectivity index (χ0v) is 8.45. The molecule has 0 amide bonds. The second-order valence-electron chi connectivity index (χ2n) is 3.36. The Balaban J connectivity index is 2.90. The van der Waals surface area contributed by atoms with E-state index in [1.807, 2.05) is 26.1 Å². The fourth-order valence-electron chi connectivity index (χ4n) is 1.34. The molecule has 76 valence electrons. The number of likely N-dealkylation sites (N-methyl/N-ethyl adjacent to an activating group) is 1. The lowest BCUT2D eigenvalue weighted by Crippen LogP contribution is -2.24. The van der Waals surface area contributed by atoms with E-state index in [0.717, 1.165) is 12.0 Å². The number of rotatable bonds is 4. The first-order valence-corrected chi connectivity index (χ1v) is 4.63. The molecule has 0 spiro atoms. The molecule has 0 bridgehead atoms. The average Bonchev–Trinajstić information content (AvgIpc) is 2.18. The van der Waals surface area contributed by atoms with Crippen LogP contribution in [0.2, 0.25) is 0 Å². The van der Waals surface area contributed by atoms with Crippen molar-refractivity contribution in [2.24, 2.45) is 0 Å². The van der Waals surface area contributed by atoms with Gasteiger partial charge in [0.05, 0.1) is 5.56 Å². The minimum Gasteiger partial charge on any atom is -0.478 e. The van der Waals surface area contributed by atoms with Crippen molar-refractivity contribution in [1.29, 1.82) is 0 Å². The van der Waals surface area contributed by atoms with Gasteiger partial charge in [-0.05, 0) is 32.0 Å². The van der Waals surface area contributed by atoms with Gasteiger partial charge in [0.25, 0.3) is 0 Å². The van der Waals surface area contributed by atoms with Gasteiger partial charge >= 0.3 is 5.97 Å². The first kappa shape index (κ1) is 10.7. The Bertz CT molecular complexity index is 323. The van der Waals surface area contributed by atoms with Crippen LogP contribution in [0.25, 0.3) is 0 Å². The van der Waals surface area contributed by atoms with Crippen LogP contribution in [0.1, 0.15) is 22.8 Å². The lowest BCUT2D eigenvalue weighted by molar-refractivity contribution is 0.0695. The largest absolute Gasteiger partial charge is 0.478 e. The van der Waals surface area contributed by atoms with E-state index in [1.165, 1.54) is 0 Å². The SMILES string of the molecule is CNC(C)Cc1ccccc1C(=O)O. The summed E-state index contributed by atoms with van der Waals surface area (Å²) in [6.07, 6.45) is 0.735. The third kappa shape index (κ3) is 2.57. The van der Waals surface area contributed by atoms with Crippen molar-refractivity contribution in [1.82, 2.24) is 5.32 Å². The maximum atomic E-state index is 10.9. The summed E-state index contributed by atoms with van der Waals surface area (Å²) in [5.41, 5.74) is 1.27. The maximum absolute atomic E-state index is 10.9. The molecule has 3 heteroatoms. The molecule has 14 heavy (non-hydrogen) atoms. The minimum atomic E-state index is -0.857. The van der Waals surface area contributed by atoms with Crippen LogP contribution in [0.4, 0.5) is 0 Å². The average molecular weight is 193 g/mol. The van der Waals surface area contributed by atoms with Gasteiger partial charge in [-0.25, -0.2) is 4.79 Å². The second kappa shape index (κ2) is 4.77. The van der Waals surface area contributed by atoms with Crippen molar-refractivity contribution >= 4 is 5.97 Å². The van der Waals surface area contributed by atoms with Crippen LogP contribution in [0.3, 0.4) is 0 Å². The first-order chi connectivity index (χ1) is 6.65. The number of carboxylic acids is 1. The van der Waals surface area contributed by atoms with Gasteiger partial charge < -0.3 is 10.4 Å². The van der Waals surface area contributed by atoms with Crippen molar-refractivity contribution in [3.05, 3.63) is 35.4 Å². The Hall–Kier alpha value is -1.35. The standard InChI is InChI=1S/C11H15NO2/c1-8(12-2)7-9-5-3-4-6-10(9)11(13)14/h3-6,8,12H,7H2,1-2H3,(H,13,14). The first-order valence-electron chi connectivity index (χ1n) is 4.63. The Morgan fingerprint density at radius 3 is 2.71 bits per heavy atom. The molecule has 0 radical (unpaired) electrons. The molecule has 0 saturated carbocycles. The van der Waals surface area contributed by atoms with Gasteiger partial charge in [-0.15, -0.1) is 0 Å². The van der Waals surface area contributed by atoms with Crippen molar-refractivity contribution < 1.29 is 9.90 Å². The third-order valence-electron chi connectivity index (χ3n) is 2.27. The Kier molecular flexibility index (Phi) is 3.65. The fourth-order valence-corrected chi connectivity index (χ4v) is 1.34. The molecule has 1 atom stereocenters. The number of hydrogen-bond donors (Lipinski definition) is 2. The molecule has 0 aliphatic heterocycles. The molecule has 0 saturated heterocycles. The Morgan fingerprint density at radius 2 is 2.14 bits per heavy atom. The monoisotopic (exact) mass is 193 g/mol. The summed E-state index contributed by atoms with van der Waals surface area (Å²) in [5.74, 6) is -0.857.